The Morgan fingerprint density at radius 1 is 1.14 bits per heavy atom. The molecule has 0 atom stereocenters. The summed E-state index contributed by atoms with van der Waals surface area (Å²) in [6, 6.07) is 6.20. The summed E-state index contributed by atoms with van der Waals surface area (Å²) in [5.41, 5.74) is 2.41. The smallest absolute Gasteiger partial charge is 0.222 e. The predicted octanol–water partition coefficient (Wildman–Crippen LogP) is 3.87. The van der Waals surface area contributed by atoms with Gasteiger partial charge in [0.05, 0.1) is 6.61 Å². The fourth-order valence-electron chi connectivity index (χ4n) is 2.84. The van der Waals surface area contributed by atoms with Crippen molar-refractivity contribution in [1.29, 1.82) is 0 Å². The SMILES string of the molecule is Cc1ccc(OCCCC(=O)N2CCCCCC2)c(C)c1. The molecule has 0 aliphatic carbocycles. The van der Waals surface area contributed by atoms with Crippen LogP contribution >= 0.6 is 0 Å². The van der Waals surface area contributed by atoms with Gasteiger partial charge in [-0.2, -0.15) is 0 Å². The second-order valence-corrected chi connectivity index (χ2v) is 6.02. The lowest BCUT2D eigenvalue weighted by Gasteiger charge is -2.20. The standard InChI is InChI=1S/C18H27NO2/c1-15-9-10-17(16(2)14-15)21-13-7-8-18(20)19-11-5-3-4-6-12-19/h9-10,14H,3-8,11-13H2,1-2H3. The van der Waals surface area contributed by atoms with E-state index in [-0.39, 0.29) is 0 Å². The zero-order valence-electron chi connectivity index (χ0n) is 13.4. The summed E-state index contributed by atoms with van der Waals surface area (Å²) in [6.45, 7) is 6.64. The van der Waals surface area contributed by atoms with E-state index in [1.165, 1.54) is 18.4 Å². The molecule has 3 heteroatoms. The van der Waals surface area contributed by atoms with Crippen LogP contribution < -0.4 is 4.74 Å². The summed E-state index contributed by atoms with van der Waals surface area (Å²) in [5, 5.41) is 0. The Bertz CT molecular complexity index is 462. The number of hydrogen-bond acceptors (Lipinski definition) is 2. The number of aryl methyl sites for hydroxylation is 2. The normalized spacial score (nSPS) is 15.6. The fraction of sp³-hybridized carbons (Fsp3) is 0.611. The first-order chi connectivity index (χ1) is 10.2. The van der Waals surface area contributed by atoms with Crippen LogP contribution in [0.5, 0.6) is 5.75 Å². The maximum absolute atomic E-state index is 12.1. The molecule has 116 valence electrons. The molecule has 1 heterocycles. The summed E-state index contributed by atoms with van der Waals surface area (Å²) < 4.78 is 5.78. The minimum absolute atomic E-state index is 0.293. The molecule has 21 heavy (non-hydrogen) atoms. The molecule has 0 bridgehead atoms. The largest absolute Gasteiger partial charge is 0.493 e. The Morgan fingerprint density at radius 2 is 1.86 bits per heavy atom. The van der Waals surface area contributed by atoms with Crippen LogP contribution in [0.4, 0.5) is 0 Å². The highest BCUT2D eigenvalue weighted by Gasteiger charge is 2.14. The van der Waals surface area contributed by atoms with Crippen LogP contribution in [0.3, 0.4) is 0 Å². The molecule has 0 saturated carbocycles. The predicted molar refractivity (Wildman–Crippen MR) is 85.7 cm³/mol. The Kier molecular flexibility index (Phi) is 6.09. The van der Waals surface area contributed by atoms with Crippen LogP contribution in [0.1, 0.15) is 49.7 Å². The van der Waals surface area contributed by atoms with Crippen molar-refractivity contribution in [2.45, 2.75) is 52.4 Å². The molecule has 1 saturated heterocycles. The minimum Gasteiger partial charge on any atom is -0.493 e. The van der Waals surface area contributed by atoms with E-state index in [9.17, 15) is 4.79 Å². The molecule has 1 amide bonds. The molecule has 2 rings (SSSR count). The van der Waals surface area contributed by atoms with Gasteiger partial charge in [0.25, 0.3) is 0 Å². The Hall–Kier alpha value is -1.51. The molecule has 1 aromatic rings. The van der Waals surface area contributed by atoms with Crippen LogP contribution in [0, 0.1) is 13.8 Å². The summed E-state index contributed by atoms with van der Waals surface area (Å²) in [5.74, 6) is 1.23. The van der Waals surface area contributed by atoms with Gasteiger partial charge >= 0.3 is 0 Å². The Balaban J connectivity index is 1.70. The van der Waals surface area contributed by atoms with Crippen LogP contribution in [0.25, 0.3) is 0 Å². The van der Waals surface area contributed by atoms with E-state index >= 15 is 0 Å². The van der Waals surface area contributed by atoms with E-state index in [0.717, 1.165) is 43.7 Å². The maximum Gasteiger partial charge on any atom is 0.222 e. The van der Waals surface area contributed by atoms with Crippen molar-refractivity contribution < 1.29 is 9.53 Å². The number of carbonyl (C=O) groups is 1. The van der Waals surface area contributed by atoms with Gasteiger partial charge in [-0.05, 0) is 44.7 Å². The number of rotatable bonds is 5. The molecular weight excluding hydrogens is 262 g/mol. The second-order valence-electron chi connectivity index (χ2n) is 6.02. The number of hydrogen-bond donors (Lipinski definition) is 0. The first kappa shape index (κ1) is 15.9. The topological polar surface area (TPSA) is 29.5 Å². The second kappa shape index (κ2) is 8.06. The molecule has 0 N–H and O–H groups in total. The van der Waals surface area contributed by atoms with E-state index in [1.807, 2.05) is 11.0 Å². The zero-order chi connectivity index (χ0) is 15.1. The van der Waals surface area contributed by atoms with Gasteiger partial charge in [-0.25, -0.2) is 0 Å². The van der Waals surface area contributed by atoms with Crippen LogP contribution in [0.2, 0.25) is 0 Å². The van der Waals surface area contributed by atoms with Crippen molar-refractivity contribution in [2.24, 2.45) is 0 Å². The highest BCUT2D eigenvalue weighted by atomic mass is 16.5. The third kappa shape index (κ3) is 5.07. The summed E-state index contributed by atoms with van der Waals surface area (Å²) in [7, 11) is 0. The monoisotopic (exact) mass is 289 g/mol. The number of carbonyl (C=O) groups excluding carboxylic acids is 1. The molecule has 0 aromatic heterocycles. The van der Waals surface area contributed by atoms with E-state index in [0.29, 0.717) is 18.9 Å². The lowest BCUT2D eigenvalue weighted by molar-refractivity contribution is -0.131. The van der Waals surface area contributed by atoms with Crippen molar-refractivity contribution in [3.63, 3.8) is 0 Å². The lowest BCUT2D eigenvalue weighted by Crippen LogP contribution is -2.31. The Morgan fingerprint density at radius 3 is 2.52 bits per heavy atom. The first-order valence-electron chi connectivity index (χ1n) is 8.14. The Labute approximate surface area is 128 Å². The third-order valence-electron chi connectivity index (χ3n) is 4.08. The first-order valence-corrected chi connectivity index (χ1v) is 8.14. The van der Waals surface area contributed by atoms with E-state index in [4.69, 9.17) is 4.74 Å². The average Bonchev–Trinajstić information content (AvgIpc) is 2.74. The van der Waals surface area contributed by atoms with Gasteiger partial charge in [-0.3, -0.25) is 4.79 Å². The van der Waals surface area contributed by atoms with Crippen LogP contribution in [-0.2, 0) is 4.79 Å². The maximum atomic E-state index is 12.1. The lowest BCUT2D eigenvalue weighted by atomic mass is 10.1. The van der Waals surface area contributed by atoms with Crippen molar-refractivity contribution >= 4 is 5.91 Å². The van der Waals surface area contributed by atoms with E-state index in [1.54, 1.807) is 0 Å². The minimum atomic E-state index is 0.293. The molecule has 1 fully saturated rings. The van der Waals surface area contributed by atoms with Gasteiger partial charge in [0.15, 0.2) is 0 Å². The third-order valence-corrected chi connectivity index (χ3v) is 4.08. The quantitative estimate of drug-likeness (QED) is 0.770. The van der Waals surface area contributed by atoms with Gasteiger partial charge in [-0.1, -0.05) is 30.5 Å². The highest BCUT2D eigenvalue weighted by molar-refractivity contribution is 5.76. The van der Waals surface area contributed by atoms with Crippen molar-refractivity contribution in [3.05, 3.63) is 29.3 Å². The van der Waals surface area contributed by atoms with Gasteiger partial charge in [0.2, 0.25) is 5.91 Å². The van der Waals surface area contributed by atoms with Gasteiger partial charge < -0.3 is 9.64 Å². The van der Waals surface area contributed by atoms with Crippen molar-refractivity contribution in [1.82, 2.24) is 4.90 Å². The molecule has 1 aliphatic rings. The molecule has 3 nitrogen and oxygen atoms in total. The number of amides is 1. The summed E-state index contributed by atoms with van der Waals surface area (Å²) >= 11 is 0. The molecule has 0 spiro atoms. The fourth-order valence-corrected chi connectivity index (χ4v) is 2.84. The number of ether oxygens (including phenoxy) is 1. The average molecular weight is 289 g/mol. The van der Waals surface area contributed by atoms with Gasteiger partial charge in [-0.15, -0.1) is 0 Å². The van der Waals surface area contributed by atoms with Gasteiger partial charge in [0.1, 0.15) is 5.75 Å². The number of likely N-dealkylation sites (tertiary alicyclic amines) is 1. The number of benzene rings is 1. The summed E-state index contributed by atoms with van der Waals surface area (Å²) in [4.78, 5) is 14.2. The molecule has 0 unspecified atom stereocenters. The van der Waals surface area contributed by atoms with Gasteiger partial charge in [0, 0.05) is 19.5 Å². The van der Waals surface area contributed by atoms with Crippen molar-refractivity contribution in [2.75, 3.05) is 19.7 Å². The highest BCUT2D eigenvalue weighted by Crippen LogP contribution is 2.19. The molecular formula is C18H27NO2. The number of nitrogens with zero attached hydrogens (tertiary/aromatic N) is 1. The van der Waals surface area contributed by atoms with E-state index in [2.05, 4.69) is 26.0 Å². The molecule has 0 radical (unpaired) electrons. The zero-order valence-corrected chi connectivity index (χ0v) is 13.4. The summed E-state index contributed by atoms with van der Waals surface area (Å²) in [6.07, 6.45) is 6.24. The molecule has 1 aromatic carbocycles. The van der Waals surface area contributed by atoms with Crippen LogP contribution in [-0.4, -0.2) is 30.5 Å². The van der Waals surface area contributed by atoms with E-state index < -0.39 is 0 Å². The molecule has 1 aliphatic heterocycles. The van der Waals surface area contributed by atoms with Crippen molar-refractivity contribution in [3.8, 4) is 5.75 Å². The van der Waals surface area contributed by atoms with Crippen LogP contribution in [0.15, 0.2) is 18.2 Å².